The number of benzene rings is 2. The number of nitriles is 1. The summed E-state index contributed by atoms with van der Waals surface area (Å²) in [7, 11) is 1.51. The molecule has 0 aliphatic rings. The first-order chi connectivity index (χ1) is 12.4. The Kier molecular flexibility index (Phi) is 6.12. The van der Waals surface area contributed by atoms with Crippen molar-refractivity contribution in [3.05, 3.63) is 59.7 Å². The number of nitrogens with zero attached hydrogens (tertiary/aromatic N) is 1. The molecule has 1 atom stereocenters. The second kappa shape index (κ2) is 8.30. The molecule has 2 aromatic carbocycles. The highest BCUT2D eigenvalue weighted by atomic mass is 19.2. The maximum absolute atomic E-state index is 13.2. The van der Waals surface area contributed by atoms with Gasteiger partial charge in [0.1, 0.15) is 18.1 Å². The van der Waals surface area contributed by atoms with E-state index >= 15 is 0 Å². The van der Waals surface area contributed by atoms with Crippen LogP contribution in [0.2, 0.25) is 0 Å². The molecule has 0 spiro atoms. The number of rotatable bonds is 7. The average Bonchev–Trinajstić information content (AvgIpc) is 2.63. The summed E-state index contributed by atoms with van der Waals surface area (Å²) in [6.07, 6.45) is 0.0203. The van der Waals surface area contributed by atoms with Crippen LogP contribution < -0.4 is 14.8 Å². The first-order valence-corrected chi connectivity index (χ1v) is 7.79. The number of amides is 1. The molecule has 5 nitrogen and oxygen atoms in total. The summed E-state index contributed by atoms with van der Waals surface area (Å²) in [6, 6.07) is 12.1. The highest BCUT2D eigenvalue weighted by Crippen LogP contribution is 2.19. The predicted molar refractivity (Wildman–Crippen MR) is 90.7 cm³/mol. The third-order valence-electron chi connectivity index (χ3n) is 3.62. The van der Waals surface area contributed by atoms with Gasteiger partial charge in [-0.25, -0.2) is 8.78 Å². The Bertz CT molecular complexity index is 836. The molecule has 0 aliphatic carbocycles. The lowest BCUT2D eigenvalue weighted by atomic mass is 10.0. The van der Waals surface area contributed by atoms with E-state index in [2.05, 4.69) is 5.32 Å². The predicted octanol–water partition coefficient (Wildman–Crippen LogP) is 2.99. The first-order valence-electron chi connectivity index (χ1n) is 7.79. The van der Waals surface area contributed by atoms with Gasteiger partial charge in [-0.2, -0.15) is 5.26 Å². The molecule has 0 bridgehead atoms. The molecule has 2 aromatic rings. The highest BCUT2D eigenvalue weighted by molar-refractivity contribution is 5.80. The number of hydrogen-bond acceptors (Lipinski definition) is 4. The Morgan fingerprint density at radius 2 is 1.96 bits per heavy atom. The summed E-state index contributed by atoms with van der Waals surface area (Å²) in [4.78, 5) is 12.3. The van der Waals surface area contributed by atoms with E-state index in [0.29, 0.717) is 11.3 Å². The number of nitrogens with one attached hydrogen (secondary N) is 1. The van der Waals surface area contributed by atoms with Crippen LogP contribution in [0.15, 0.2) is 42.5 Å². The summed E-state index contributed by atoms with van der Waals surface area (Å²) in [6.45, 7) is 1.25. The Hall–Kier alpha value is -3.14. The molecular weight excluding hydrogens is 342 g/mol. The van der Waals surface area contributed by atoms with Gasteiger partial charge in [0.25, 0.3) is 0 Å². The van der Waals surface area contributed by atoms with Crippen molar-refractivity contribution < 1.29 is 23.0 Å². The van der Waals surface area contributed by atoms with Crippen LogP contribution in [0.3, 0.4) is 0 Å². The van der Waals surface area contributed by atoms with Crippen LogP contribution in [0, 0.1) is 23.0 Å². The van der Waals surface area contributed by atoms with Gasteiger partial charge in [0.2, 0.25) is 5.91 Å². The third-order valence-corrected chi connectivity index (χ3v) is 3.62. The van der Waals surface area contributed by atoms with E-state index in [1.807, 2.05) is 6.07 Å². The van der Waals surface area contributed by atoms with E-state index in [0.717, 1.165) is 12.1 Å². The van der Waals surface area contributed by atoms with Gasteiger partial charge in [-0.3, -0.25) is 4.79 Å². The number of carbonyl (C=O) groups excluding carboxylic acids is 1. The van der Waals surface area contributed by atoms with Gasteiger partial charge >= 0.3 is 0 Å². The van der Waals surface area contributed by atoms with Crippen LogP contribution in [0.5, 0.6) is 11.5 Å². The molecule has 26 heavy (non-hydrogen) atoms. The van der Waals surface area contributed by atoms with Gasteiger partial charge < -0.3 is 14.8 Å². The summed E-state index contributed by atoms with van der Waals surface area (Å²) in [5.74, 6) is -1.82. The van der Waals surface area contributed by atoms with E-state index in [-0.39, 0.29) is 18.8 Å². The van der Waals surface area contributed by atoms with E-state index in [1.54, 1.807) is 24.3 Å². The number of ether oxygens (including phenoxy) is 2. The summed E-state index contributed by atoms with van der Waals surface area (Å²) in [5.41, 5.74) is -0.668. The fourth-order valence-electron chi connectivity index (χ4n) is 2.26. The zero-order chi connectivity index (χ0) is 19.2. The monoisotopic (exact) mass is 360 g/mol. The van der Waals surface area contributed by atoms with Gasteiger partial charge in [-0.15, -0.1) is 0 Å². The Morgan fingerprint density at radius 3 is 2.62 bits per heavy atom. The lowest BCUT2D eigenvalue weighted by molar-refractivity contribution is -0.122. The minimum Gasteiger partial charge on any atom is -0.496 e. The lowest BCUT2D eigenvalue weighted by Crippen LogP contribution is -2.49. The quantitative estimate of drug-likeness (QED) is 0.824. The standard InChI is InChI=1S/C19H18F2N2O3/c1-19(11-22,12-26-14-7-8-15(20)16(21)10-14)23-18(24)9-13-5-3-4-6-17(13)25-2/h3-8,10H,9,12H2,1-2H3,(H,23,24)/t19-/m1/s1. The van der Waals surface area contributed by atoms with Crippen LogP contribution in [-0.2, 0) is 11.2 Å². The van der Waals surface area contributed by atoms with Crippen molar-refractivity contribution in [3.63, 3.8) is 0 Å². The number of para-hydroxylation sites is 1. The molecule has 7 heteroatoms. The van der Waals surface area contributed by atoms with Crippen molar-refractivity contribution in [2.24, 2.45) is 0 Å². The average molecular weight is 360 g/mol. The smallest absolute Gasteiger partial charge is 0.225 e. The van der Waals surface area contributed by atoms with Crippen LogP contribution in [-0.4, -0.2) is 25.2 Å². The summed E-state index contributed by atoms with van der Waals surface area (Å²) < 4.78 is 36.7. The number of hydrogen-bond donors (Lipinski definition) is 1. The van der Waals surface area contributed by atoms with Crippen LogP contribution in [0.4, 0.5) is 8.78 Å². The largest absolute Gasteiger partial charge is 0.496 e. The SMILES string of the molecule is COc1ccccc1CC(=O)N[C@](C)(C#N)COc1ccc(F)c(F)c1. The molecule has 0 radical (unpaired) electrons. The van der Waals surface area contributed by atoms with Crippen molar-refractivity contribution in [1.29, 1.82) is 5.26 Å². The molecule has 0 heterocycles. The number of methoxy groups -OCH3 is 1. The van der Waals surface area contributed by atoms with Gasteiger partial charge in [0, 0.05) is 11.6 Å². The number of carbonyl (C=O) groups is 1. The van der Waals surface area contributed by atoms with Crippen molar-refractivity contribution in [1.82, 2.24) is 5.32 Å². The van der Waals surface area contributed by atoms with E-state index < -0.39 is 23.1 Å². The van der Waals surface area contributed by atoms with Gasteiger partial charge in [0.15, 0.2) is 17.2 Å². The zero-order valence-electron chi connectivity index (χ0n) is 14.4. The highest BCUT2D eigenvalue weighted by Gasteiger charge is 2.28. The van der Waals surface area contributed by atoms with E-state index in [4.69, 9.17) is 9.47 Å². The van der Waals surface area contributed by atoms with Crippen molar-refractivity contribution in [2.45, 2.75) is 18.9 Å². The van der Waals surface area contributed by atoms with Crippen molar-refractivity contribution >= 4 is 5.91 Å². The molecular formula is C19H18F2N2O3. The molecule has 136 valence electrons. The van der Waals surface area contributed by atoms with Gasteiger partial charge in [-0.05, 0) is 25.1 Å². The normalized spacial score (nSPS) is 12.6. The fourth-order valence-corrected chi connectivity index (χ4v) is 2.26. The van der Waals surface area contributed by atoms with Crippen molar-refractivity contribution in [2.75, 3.05) is 13.7 Å². The molecule has 0 saturated heterocycles. The lowest BCUT2D eigenvalue weighted by Gasteiger charge is -2.23. The van der Waals surface area contributed by atoms with Crippen LogP contribution >= 0.6 is 0 Å². The fraction of sp³-hybridized carbons (Fsp3) is 0.263. The second-order valence-electron chi connectivity index (χ2n) is 5.85. The molecule has 0 fully saturated rings. The summed E-state index contributed by atoms with van der Waals surface area (Å²) in [5, 5.41) is 12.0. The first kappa shape index (κ1) is 19.2. The molecule has 0 unspecified atom stereocenters. The zero-order valence-corrected chi connectivity index (χ0v) is 14.4. The molecule has 0 aliphatic heterocycles. The Morgan fingerprint density at radius 1 is 1.23 bits per heavy atom. The Balaban J connectivity index is 2.01. The topological polar surface area (TPSA) is 71.3 Å². The maximum Gasteiger partial charge on any atom is 0.225 e. The second-order valence-corrected chi connectivity index (χ2v) is 5.85. The minimum atomic E-state index is -1.34. The molecule has 2 rings (SSSR count). The van der Waals surface area contributed by atoms with Gasteiger partial charge in [-0.1, -0.05) is 18.2 Å². The van der Waals surface area contributed by atoms with Crippen LogP contribution in [0.25, 0.3) is 0 Å². The Labute approximate surface area is 150 Å². The maximum atomic E-state index is 13.2. The van der Waals surface area contributed by atoms with E-state index in [1.165, 1.54) is 20.1 Å². The molecule has 1 amide bonds. The van der Waals surface area contributed by atoms with Crippen molar-refractivity contribution in [3.8, 4) is 17.6 Å². The number of halogens is 2. The summed E-state index contributed by atoms with van der Waals surface area (Å²) >= 11 is 0. The minimum absolute atomic E-state index is 0.0203. The van der Waals surface area contributed by atoms with Crippen LogP contribution in [0.1, 0.15) is 12.5 Å². The molecule has 1 N–H and O–H groups in total. The van der Waals surface area contributed by atoms with Gasteiger partial charge in [0.05, 0.1) is 19.6 Å². The molecule has 0 saturated carbocycles. The van der Waals surface area contributed by atoms with E-state index in [9.17, 15) is 18.8 Å². The third kappa shape index (κ3) is 4.93. The molecule has 0 aromatic heterocycles.